The number of aliphatic hydroxyl groups is 1. The van der Waals surface area contributed by atoms with Crippen molar-refractivity contribution in [3.05, 3.63) is 0 Å². The highest BCUT2D eigenvalue weighted by Gasteiger charge is 2.30. The highest BCUT2D eigenvalue weighted by Crippen LogP contribution is 2.45. The van der Waals surface area contributed by atoms with Gasteiger partial charge in [-0.2, -0.15) is 0 Å². The van der Waals surface area contributed by atoms with Gasteiger partial charge in [0.1, 0.15) is 19.3 Å². The van der Waals surface area contributed by atoms with Gasteiger partial charge in [-0.15, -0.1) is 0 Å². The van der Waals surface area contributed by atoms with E-state index in [2.05, 4.69) is 34.6 Å². The van der Waals surface area contributed by atoms with E-state index < -0.39 is 97.5 Å². The second-order valence-electron chi connectivity index (χ2n) is 26.5. The maximum Gasteiger partial charge on any atom is 0.472 e. The molecule has 0 fully saturated rings. The predicted octanol–water partition coefficient (Wildman–Crippen LogP) is 20.9. The number of esters is 4. The number of ether oxygens (including phenoxy) is 4. The van der Waals surface area contributed by atoms with Gasteiger partial charge in [-0.05, 0) is 31.6 Å². The Balaban J connectivity index is 5.24. The summed E-state index contributed by atoms with van der Waals surface area (Å²) in [5, 5.41) is 10.6. The summed E-state index contributed by atoms with van der Waals surface area (Å²) in [6.07, 6.45) is 52.5. The zero-order valence-electron chi connectivity index (χ0n) is 59.0. The van der Waals surface area contributed by atoms with Gasteiger partial charge in [0.25, 0.3) is 0 Å². The average molecular weight is 1340 g/mol. The lowest BCUT2D eigenvalue weighted by Gasteiger charge is -2.21. The van der Waals surface area contributed by atoms with E-state index >= 15 is 0 Å². The van der Waals surface area contributed by atoms with Crippen molar-refractivity contribution < 1.29 is 80.2 Å². The Morgan fingerprint density at radius 1 is 0.297 bits per heavy atom. The summed E-state index contributed by atoms with van der Waals surface area (Å²) >= 11 is 0. The van der Waals surface area contributed by atoms with Crippen LogP contribution in [0, 0.1) is 5.92 Å². The molecule has 0 saturated heterocycles. The minimum atomic E-state index is -4.95. The van der Waals surface area contributed by atoms with Crippen LogP contribution in [0.3, 0.4) is 0 Å². The number of carbonyl (C=O) groups is 4. The van der Waals surface area contributed by atoms with Gasteiger partial charge in [0.05, 0.1) is 26.4 Å². The fraction of sp³-hybridized carbons (Fsp3) is 0.944. The van der Waals surface area contributed by atoms with Crippen molar-refractivity contribution in [3.63, 3.8) is 0 Å². The summed E-state index contributed by atoms with van der Waals surface area (Å²) in [6.45, 7) is 7.27. The smallest absolute Gasteiger partial charge is 0.462 e. The first-order valence-corrected chi connectivity index (χ1v) is 40.6. The highest BCUT2D eigenvalue weighted by atomic mass is 31.2. The lowest BCUT2D eigenvalue weighted by molar-refractivity contribution is -0.161. The van der Waals surface area contributed by atoms with Crippen molar-refractivity contribution in [2.24, 2.45) is 5.92 Å². The molecule has 0 aromatic heterocycles. The number of carbonyl (C=O) groups excluding carboxylic acids is 4. The van der Waals surface area contributed by atoms with Crippen molar-refractivity contribution in [2.75, 3.05) is 39.6 Å². The molecule has 91 heavy (non-hydrogen) atoms. The van der Waals surface area contributed by atoms with Crippen LogP contribution >= 0.6 is 15.6 Å². The third-order valence-electron chi connectivity index (χ3n) is 16.8. The van der Waals surface area contributed by atoms with Crippen molar-refractivity contribution in [1.82, 2.24) is 0 Å². The normalized spacial score (nSPS) is 14.0. The van der Waals surface area contributed by atoms with E-state index in [9.17, 15) is 43.2 Å². The molecule has 0 aromatic carbocycles. The predicted molar refractivity (Wildman–Crippen MR) is 368 cm³/mol. The Hall–Kier alpha value is -1.94. The van der Waals surface area contributed by atoms with E-state index in [1.807, 2.05) is 0 Å². The molecule has 3 N–H and O–H groups in total. The summed E-state index contributed by atoms with van der Waals surface area (Å²) in [7, 11) is -9.90. The topological polar surface area (TPSA) is 237 Å². The number of rotatable bonds is 72. The molecule has 19 heteroatoms. The minimum absolute atomic E-state index is 0.107. The number of hydrogen-bond donors (Lipinski definition) is 3. The molecule has 17 nitrogen and oxygen atoms in total. The third kappa shape index (κ3) is 66.5. The molecule has 0 aliphatic carbocycles. The van der Waals surface area contributed by atoms with E-state index in [0.29, 0.717) is 25.7 Å². The van der Waals surface area contributed by atoms with Crippen LogP contribution < -0.4 is 0 Å². The summed E-state index contributed by atoms with van der Waals surface area (Å²) in [5.41, 5.74) is 0. The fourth-order valence-electron chi connectivity index (χ4n) is 11.0. The van der Waals surface area contributed by atoms with Gasteiger partial charge < -0.3 is 33.8 Å². The molecule has 540 valence electrons. The van der Waals surface area contributed by atoms with Gasteiger partial charge in [-0.1, -0.05) is 324 Å². The second kappa shape index (κ2) is 65.4. The molecule has 0 aliphatic rings. The van der Waals surface area contributed by atoms with E-state index in [0.717, 1.165) is 95.8 Å². The zero-order valence-corrected chi connectivity index (χ0v) is 60.8. The standard InChI is InChI=1S/C72H140O17P2/c1-6-9-12-15-18-21-24-25-28-32-36-41-46-51-56-70(75)83-62-68(89-72(77)58-53-48-43-38-33-29-26-27-31-34-39-44-49-54-65(4)5)64-87-91(80,81)85-60-66(73)59-84-90(78,79)86-63-67(61-82-69(74)55-50-45-40-35-23-20-17-14-11-8-3)88-71(76)57-52-47-42-37-30-22-19-16-13-10-7-2/h65-68,73H,6-64H2,1-5H3,(H,78,79)(H,80,81)/t66-,67+,68+/m0/s1. The molecule has 5 atom stereocenters. The van der Waals surface area contributed by atoms with Crippen LogP contribution in [0.25, 0.3) is 0 Å². The first-order valence-electron chi connectivity index (χ1n) is 37.6. The molecule has 0 rings (SSSR count). The summed E-state index contributed by atoms with van der Waals surface area (Å²) < 4.78 is 68.4. The lowest BCUT2D eigenvalue weighted by atomic mass is 10.0. The first-order chi connectivity index (χ1) is 44.0. The maximum atomic E-state index is 13.0. The monoisotopic (exact) mass is 1340 g/mol. The number of unbranched alkanes of at least 4 members (excludes halogenated alkanes) is 44. The van der Waals surface area contributed by atoms with E-state index in [4.69, 9.17) is 37.0 Å². The maximum absolute atomic E-state index is 13.0. The molecule has 0 bridgehead atoms. The molecule has 0 aliphatic heterocycles. The molecule has 0 heterocycles. The van der Waals surface area contributed by atoms with Gasteiger partial charge in [0.15, 0.2) is 12.2 Å². The van der Waals surface area contributed by atoms with E-state index in [1.165, 1.54) is 199 Å². The van der Waals surface area contributed by atoms with Crippen LogP contribution in [0.2, 0.25) is 0 Å². The van der Waals surface area contributed by atoms with Crippen LogP contribution in [0.15, 0.2) is 0 Å². The molecule has 0 amide bonds. The number of hydrogen-bond acceptors (Lipinski definition) is 15. The Bertz CT molecular complexity index is 1750. The van der Waals surface area contributed by atoms with Gasteiger partial charge >= 0.3 is 39.5 Å². The molecule has 0 saturated carbocycles. The van der Waals surface area contributed by atoms with Gasteiger partial charge in [0.2, 0.25) is 0 Å². The van der Waals surface area contributed by atoms with Crippen molar-refractivity contribution in [3.8, 4) is 0 Å². The molecular formula is C72H140O17P2. The minimum Gasteiger partial charge on any atom is -0.462 e. The molecule has 2 unspecified atom stereocenters. The van der Waals surface area contributed by atoms with Crippen LogP contribution in [-0.4, -0.2) is 96.7 Å². The number of aliphatic hydroxyl groups excluding tert-OH is 1. The van der Waals surface area contributed by atoms with Gasteiger partial charge in [0, 0.05) is 25.7 Å². The Labute approximate surface area is 556 Å². The SMILES string of the molecule is CCCCCCCCCCCCCCCCC(=O)OC[C@H](COP(=O)(O)OC[C@@H](O)COP(=O)(O)OC[C@@H](COC(=O)CCCCCCCCCCCC)OC(=O)CCCCCCCCCCCCC)OC(=O)CCCCCCCCCCCCCCCC(C)C. The van der Waals surface area contributed by atoms with Crippen LogP contribution in [-0.2, 0) is 65.4 Å². The fourth-order valence-corrected chi connectivity index (χ4v) is 12.6. The zero-order chi connectivity index (χ0) is 67.0. The van der Waals surface area contributed by atoms with Crippen molar-refractivity contribution >= 4 is 39.5 Å². The van der Waals surface area contributed by atoms with Crippen LogP contribution in [0.5, 0.6) is 0 Å². The molecule has 0 aromatic rings. The van der Waals surface area contributed by atoms with Gasteiger partial charge in [-0.3, -0.25) is 37.3 Å². The Morgan fingerprint density at radius 2 is 0.505 bits per heavy atom. The molecular weight excluding hydrogens is 1200 g/mol. The van der Waals surface area contributed by atoms with Gasteiger partial charge in [-0.25, -0.2) is 9.13 Å². The second-order valence-corrected chi connectivity index (χ2v) is 29.4. The summed E-state index contributed by atoms with van der Waals surface area (Å²) in [4.78, 5) is 72.6. The summed E-state index contributed by atoms with van der Waals surface area (Å²) in [6, 6.07) is 0. The number of phosphoric ester groups is 2. The van der Waals surface area contributed by atoms with Crippen LogP contribution in [0.1, 0.15) is 375 Å². The van der Waals surface area contributed by atoms with E-state index in [1.54, 1.807) is 0 Å². The third-order valence-corrected chi connectivity index (χ3v) is 18.7. The summed E-state index contributed by atoms with van der Waals surface area (Å²) in [5.74, 6) is -1.33. The van der Waals surface area contributed by atoms with E-state index in [-0.39, 0.29) is 25.7 Å². The van der Waals surface area contributed by atoms with Crippen LogP contribution in [0.4, 0.5) is 0 Å². The molecule has 0 spiro atoms. The first kappa shape index (κ1) is 89.1. The Morgan fingerprint density at radius 3 is 0.747 bits per heavy atom. The Kier molecular flexibility index (Phi) is 64.0. The van der Waals surface area contributed by atoms with Crippen molar-refractivity contribution in [2.45, 2.75) is 393 Å². The lowest BCUT2D eigenvalue weighted by Crippen LogP contribution is -2.30. The quantitative estimate of drug-likeness (QED) is 0.0222. The number of phosphoric acid groups is 2. The van der Waals surface area contributed by atoms with Crippen molar-refractivity contribution in [1.29, 1.82) is 0 Å². The largest absolute Gasteiger partial charge is 0.472 e. The average Bonchev–Trinajstić information content (AvgIpc) is 3.68. The molecule has 0 radical (unpaired) electrons. The highest BCUT2D eigenvalue weighted by molar-refractivity contribution is 7.47.